The third-order valence-corrected chi connectivity index (χ3v) is 5.40. The third kappa shape index (κ3) is 4.41. The fourth-order valence-electron chi connectivity index (χ4n) is 3.03. The zero-order valence-electron chi connectivity index (χ0n) is 16.7. The second-order valence-corrected chi connectivity index (χ2v) is 7.28. The predicted molar refractivity (Wildman–Crippen MR) is 116 cm³/mol. The van der Waals surface area contributed by atoms with E-state index in [2.05, 4.69) is 15.3 Å². The van der Waals surface area contributed by atoms with Gasteiger partial charge in [-0.1, -0.05) is 12.1 Å². The highest BCUT2D eigenvalue weighted by molar-refractivity contribution is 7.17. The van der Waals surface area contributed by atoms with Gasteiger partial charge in [0.25, 0.3) is 5.91 Å². The van der Waals surface area contributed by atoms with E-state index in [0.29, 0.717) is 27.4 Å². The number of aromatic nitrogens is 2. The first-order valence-electron chi connectivity index (χ1n) is 9.22. The third-order valence-electron chi connectivity index (χ3n) is 4.51. The van der Waals surface area contributed by atoms with Gasteiger partial charge in [-0.25, -0.2) is 14.4 Å². The maximum absolute atomic E-state index is 13.3. The lowest BCUT2D eigenvalue weighted by molar-refractivity contribution is -0.118. The molecule has 1 N–H and O–H groups in total. The molecule has 0 saturated heterocycles. The smallest absolute Gasteiger partial charge is 0.262 e. The summed E-state index contributed by atoms with van der Waals surface area (Å²) >= 11 is 1.42. The molecular formula is C22H18FN3O4S. The number of anilines is 1. The molecule has 2 aromatic heterocycles. The molecule has 0 aliphatic heterocycles. The van der Waals surface area contributed by atoms with Crippen LogP contribution in [0.3, 0.4) is 0 Å². The molecule has 0 saturated carbocycles. The number of methoxy groups -OCH3 is 2. The van der Waals surface area contributed by atoms with Gasteiger partial charge in [-0.3, -0.25) is 4.79 Å². The monoisotopic (exact) mass is 439 g/mol. The summed E-state index contributed by atoms with van der Waals surface area (Å²) in [7, 11) is 3.05. The average Bonchev–Trinajstić information content (AvgIpc) is 3.23. The molecule has 2 heterocycles. The maximum atomic E-state index is 13.3. The average molecular weight is 439 g/mol. The first-order valence-corrected chi connectivity index (χ1v) is 10.1. The molecule has 31 heavy (non-hydrogen) atoms. The number of carbonyl (C=O) groups excluding carboxylic acids is 1. The van der Waals surface area contributed by atoms with Gasteiger partial charge in [0.1, 0.15) is 28.5 Å². The number of halogens is 1. The Morgan fingerprint density at radius 2 is 1.90 bits per heavy atom. The largest absolute Gasteiger partial charge is 0.497 e. The van der Waals surface area contributed by atoms with E-state index in [-0.39, 0.29) is 18.3 Å². The normalized spacial score (nSPS) is 10.7. The van der Waals surface area contributed by atoms with Crippen molar-refractivity contribution in [2.75, 3.05) is 26.1 Å². The molecule has 0 fully saturated rings. The molecule has 158 valence electrons. The van der Waals surface area contributed by atoms with E-state index >= 15 is 0 Å². The first-order chi connectivity index (χ1) is 15.1. The molecule has 1 amide bonds. The Balaban J connectivity index is 1.55. The van der Waals surface area contributed by atoms with Crippen molar-refractivity contribution in [1.29, 1.82) is 0 Å². The van der Waals surface area contributed by atoms with Gasteiger partial charge in [-0.15, -0.1) is 11.3 Å². The lowest BCUT2D eigenvalue weighted by Crippen LogP contribution is -2.21. The number of benzene rings is 2. The van der Waals surface area contributed by atoms with Gasteiger partial charge in [0.15, 0.2) is 6.61 Å². The van der Waals surface area contributed by atoms with E-state index in [0.717, 1.165) is 11.1 Å². The zero-order chi connectivity index (χ0) is 21.8. The molecule has 0 bridgehead atoms. The van der Waals surface area contributed by atoms with Gasteiger partial charge in [0, 0.05) is 17.0 Å². The Kier molecular flexibility index (Phi) is 5.94. The number of thiophene rings is 1. The number of ether oxygens (including phenoxy) is 3. The van der Waals surface area contributed by atoms with Gasteiger partial charge in [-0.2, -0.15) is 0 Å². The topological polar surface area (TPSA) is 82.6 Å². The van der Waals surface area contributed by atoms with Crippen LogP contribution in [0, 0.1) is 5.82 Å². The lowest BCUT2D eigenvalue weighted by atomic mass is 10.1. The minimum Gasteiger partial charge on any atom is -0.497 e. The summed E-state index contributed by atoms with van der Waals surface area (Å²) in [4.78, 5) is 21.7. The summed E-state index contributed by atoms with van der Waals surface area (Å²) in [5.74, 6) is 0.641. The van der Waals surface area contributed by atoms with E-state index in [9.17, 15) is 9.18 Å². The second-order valence-electron chi connectivity index (χ2n) is 6.42. The lowest BCUT2D eigenvalue weighted by Gasteiger charge is -2.12. The van der Waals surface area contributed by atoms with E-state index in [1.807, 2.05) is 5.38 Å². The number of fused-ring (bicyclic) bond motifs is 1. The van der Waals surface area contributed by atoms with E-state index in [1.54, 1.807) is 30.3 Å². The molecule has 0 aliphatic rings. The SMILES string of the molecule is COc1ccc(OC)c(NC(=O)COc2ncnc3scc(-c4ccc(F)cc4)c23)c1. The summed E-state index contributed by atoms with van der Waals surface area (Å²) in [5, 5.41) is 5.32. The molecule has 0 atom stereocenters. The van der Waals surface area contributed by atoms with Crippen LogP contribution < -0.4 is 19.5 Å². The molecule has 0 aliphatic carbocycles. The van der Waals surface area contributed by atoms with Crippen LogP contribution in [0.5, 0.6) is 17.4 Å². The second kappa shape index (κ2) is 8.97. The van der Waals surface area contributed by atoms with Crippen molar-refractivity contribution in [3.63, 3.8) is 0 Å². The number of carbonyl (C=O) groups is 1. The van der Waals surface area contributed by atoms with Crippen LogP contribution in [0.2, 0.25) is 0 Å². The molecular weight excluding hydrogens is 421 g/mol. The summed E-state index contributed by atoms with van der Waals surface area (Å²) < 4.78 is 29.5. The Morgan fingerprint density at radius 1 is 1.10 bits per heavy atom. The van der Waals surface area contributed by atoms with Crippen molar-refractivity contribution < 1.29 is 23.4 Å². The highest BCUT2D eigenvalue weighted by Gasteiger charge is 2.16. The van der Waals surface area contributed by atoms with Crippen LogP contribution in [-0.4, -0.2) is 36.7 Å². The molecule has 4 aromatic rings. The van der Waals surface area contributed by atoms with E-state index < -0.39 is 5.91 Å². The van der Waals surface area contributed by atoms with Crippen LogP contribution >= 0.6 is 11.3 Å². The summed E-state index contributed by atoms with van der Waals surface area (Å²) in [6.45, 7) is -0.273. The van der Waals surface area contributed by atoms with Gasteiger partial charge >= 0.3 is 0 Å². The summed E-state index contributed by atoms with van der Waals surface area (Å²) in [6.07, 6.45) is 1.38. The highest BCUT2D eigenvalue weighted by atomic mass is 32.1. The fraction of sp³-hybridized carbons (Fsp3) is 0.136. The first kappa shape index (κ1) is 20.5. The highest BCUT2D eigenvalue weighted by Crippen LogP contribution is 2.37. The van der Waals surface area contributed by atoms with Crippen molar-refractivity contribution in [1.82, 2.24) is 9.97 Å². The van der Waals surface area contributed by atoms with Crippen molar-refractivity contribution in [2.45, 2.75) is 0 Å². The van der Waals surface area contributed by atoms with Gasteiger partial charge in [-0.05, 0) is 29.8 Å². The quantitative estimate of drug-likeness (QED) is 0.456. The van der Waals surface area contributed by atoms with Crippen molar-refractivity contribution >= 4 is 33.1 Å². The number of amides is 1. The van der Waals surface area contributed by atoms with Crippen LogP contribution in [0.25, 0.3) is 21.3 Å². The van der Waals surface area contributed by atoms with Crippen molar-refractivity contribution in [3.05, 3.63) is 60.0 Å². The molecule has 0 radical (unpaired) electrons. The van der Waals surface area contributed by atoms with Crippen LogP contribution in [0.15, 0.2) is 54.2 Å². The van der Waals surface area contributed by atoms with Crippen LogP contribution in [0.4, 0.5) is 10.1 Å². The van der Waals surface area contributed by atoms with E-state index in [4.69, 9.17) is 14.2 Å². The van der Waals surface area contributed by atoms with Crippen LogP contribution in [0.1, 0.15) is 0 Å². The summed E-state index contributed by atoms with van der Waals surface area (Å²) in [5.41, 5.74) is 2.08. The standard InChI is InChI=1S/C22H18FN3O4S/c1-28-15-7-8-18(29-2)17(9-15)26-19(27)10-30-21-20-16(11-31-22(20)25-12-24-21)13-3-5-14(23)6-4-13/h3-9,11-12H,10H2,1-2H3,(H,26,27). The Bertz CT molecular complexity index is 1230. The Morgan fingerprint density at radius 3 is 2.65 bits per heavy atom. The Labute approximate surface area is 181 Å². The minimum atomic E-state index is -0.392. The number of rotatable bonds is 7. The van der Waals surface area contributed by atoms with Crippen LogP contribution in [-0.2, 0) is 4.79 Å². The molecule has 0 unspecified atom stereocenters. The van der Waals surface area contributed by atoms with Crippen molar-refractivity contribution in [2.24, 2.45) is 0 Å². The zero-order valence-corrected chi connectivity index (χ0v) is 17.5. The molecule has 4 rings (SSSR count). The van der Waals surface area contributed by atoms with Gasteiger partial charge < -0.3 is 19.5 Å². The molecule has 0 spiro atoms. The number of hydrogen-bond acceptors (Lipinski definition) is 7. The van der Waals surface area contributed by atoms with Gasteiger partial charge in [0.2, 0.25) is 5.88 Å². The minimum absolute atomic E-state index is 0.273. The molecule has 7 nitrogen and oxygen atoms in total. The van der Waals surface area contributed by atoms with E-state index in [1.165, 1.54) is 44.0 Å². The molecule has 9 heteroatoms. The number of nitrogens with one attached hydrogen (secondary N) is 1. The summed E-state index contributed by atoms with van der Waals surface area (Å²) in [6, 6.07) is 11.2. The van der Waals surface area contributed by atoms with Gasteiger partial charge in [0.05, 0.1) is 25.3 Å². The molecule has 2 aromatic carbocycles. The Hall–Kier alpha value is -3.72. The number of nitrogens with zero attached hydrogens (tertiary/aromatic N) is 2. The van der Waals surface area contributed by atoms with Crippen molar-refractivity contribution in [3.8, 4) is 28.5 Å². The predicted octanol–water partition coefficient (Wildman–Crippen LogP) is 4.53. The number of hydrogen-bond donors (Lipinski definition) is 1. The fourth-order valence-corrected chi connectivity index (χ4v) is 3.94. The maximum Gasteiger partial charge on any atom is 0.262 e.